The van der Waals surface area contributed by atoms with Crippen molar-refractivity contribution in [3.05, 3.63) is 24.0 Å². The van der Waals surface area contributed by atoms with E-state index in [-0.39, 0.29) is 0 Å². The maximum Gasteiger partial charge on any atom is 0.0840 e. The van der Waals surface area contributed by atoms with E-state index in [1.165, 1.54) is 0 Å². The largest absolute Gasteiger partial charge is 0.276 e. The maximum absolute atomic E-state index is 4.14. The van der Waals surface area contributed by atoms with Crippen molar-refractivity contribution in [2.24, 2.45) is 4.99 Å². The number of nitrogens with one attached hydrogen (secondary N) is 1. The third-order valence-corrected chi connectivity index (χ3v) is 1.42. The predicted octanol–water partition coefficient (Wildman–Crippen LogP) is 1.23. The van der Waals surface area contributed by atoms with Crippen LogP contribution in [0.3, 0.4) is 0 Å². The van der Waals surface area contributed by atoms with Crippen LogP contribution in [0.25, 0.3) is 5.70 Å². The van der Waals surface area contributed by atoms with Crippen LogP contribution in [0.1, 0.15) is 12.1 Å². The van der Waals surface area contributed by atoms with Crippen molar-refractivity contribution in [3.8, 4) is 0 Å². The first-order valence-electron chi connectivity index (χ1n) is 3.19. The van der Waals surface area contributed by atoms with Gasteiger partial charge in [0.25, 0.3) is 0 Å². The van der Waals surface area contributed by atoms with Crippen LogP contribution in [0.2, 0.25) is 0 Å². The Labute approximate surface area is 58.5 Å². The van der Waals surface area contributed by atoms with Gasteiger partial charge in [0, 0.05) is 18.8 Å². The molecule has 50 valence electrons. The van der Waals surface area contributed by atoms with Gasteiger partial charge in [0.1, 0.15) is 0 Å². The van der Waals surface area contributed by atoms with Gasteiger partial charge in [0.15, 0.2) is 0 Å². The van der Waals surface area contributed by atoms with Crippen molar-refractivity contribution in [2.45, 2.75) is 6.42 Å². The van der Waals surface area contributed by atoms with Crippen LogP contribution < -0.4 is 0 Å². The number of aliphatic imine (C=N–C) groups is 1. The lowest BCUT2D eigenvalue weighted by atomic mass is 10.3. The standard InChI is InChI=1S/C7H7N3/c1-2-6(8-4-1)7-3-5-9-10-7/h2-5H,1H2,(H,9,10). The number of aromatic amines is 1. The zero-order chi connectivity index (χ0) is 6.81. The summed E-state index contributed by atoms with van der Waals surface area (Å²) in [4.78, 5) is 4.14. The van der Waals surface area contributed by atoms with E-state index in [9.17, 15) is 0 Å². The molecule has 0 aromatic carbocycles. The Morgan fingerprint density at radius 2 is 2.50 bits per heavy atom. The summed E-state index contributed by atoms with van der Waals surface area (Å²) < 4.78 is 0. The first-order chi connectivity index (χ1) is 4.97. The zero-order valence-corrected chi connectivity index (χ0v) is 5.41. The third-order valence-electron chi connectivity index (χ3n) is 1.42. The molecule has 10 heavy (non-hydrogen) atoms. The Morgan fingerprint density at radius 3 is 3.10 bits per heavy atom. The van der Waals surface area contributed by atoms with Crippen LogP contribution in [0.4, 0.5) is 0 Å². The molecule has 3 heteroatoms. The van der Waals surface area contributed by atoms with Gasteiger partial charge in [-0.15, -0.1) is 0 Å². The predicted molar refractivity (Wildman–Crippen MR) is 39.7 cm³/mol. The highest BCUT2D eigenvalue weighted by molar-refractivity contribution is 5.79. The van der Waals surface area contributed by atoms with Gasteiger partial charge in [-0.3, -0.25) is 10.1 Å². The highest BCUT2D eigenvalue weighted by atomic mass is 15.1. The Balaban J connectivity index is 2.36. The van der Waals surface area contributed by atoms with Crippen molar-refractivity contribution in [1.29, 1.82) is 0 Å². The highest BCUT2D eigenvalue weighted by Crippen LogP contribution is 2.15. The molecule has 0 saturated carbocycles. The van der Waals surface area contributed by atoms with Gasteiger partial charge in [-0.25, -0.2) is 0 Å². The minimum atomic E-state index is 0.939. The normalized spacial score (nSPS) is 15.8. The van der Waals surface area contributed by atoms with Gasteiger partial charge < -0.3 is 0 Å². The Kier molecular flexibility index (Phi) is 1.13. The molecular formula is C7H7N3. The molecule has 3 nitrogen and oxygen atoms in total. The lowest BCUT2D eigenvalue weighted by Gasteiger charge is -1.88. The molecule has 1 N–H and O–H groups in total. The van der Waals surface area contributed by atoms with E-state index in [1.54, 1.807) is 6.20 Å². The van der Waals surface area contributed by atoms with Crippen molar-refractivity contribution >= 4 is 11.9 Å². The Bertz CT molecular complexity index is 269. The lowest BCUT2D eigenvalue weighted by molar-refractivity contribution is 1.07. The zero-order valence-electron chi connectivity index (χ0n) is 5.41. The second-order valence-electron chi connectivity index (χ2n) is 2.11. The average molecular weight is 133 g/mol. The number of aromatic nitrogens is 2. The number of rotatable bonds is 1. The number of hydrogen-bond acceptors (Lipinski definition) is 2. The molecule has 1 aliphatic rings. The van der Waals surface area contributed by atoms with Crippen LogP contribution in [0.5, 0.6) is 0 Å². The molecule has 0 fully saturated rings. The second-order valence-corrected chi connectivity index (χ2v) is 2.11. The summed E-state index contributed by atoms with van der Waals surface area (Å²) >= 11 is 0. The van der Waals surface area contributed by atoms with Gasteiger partial charge in [0.05, 0.1) is 11.4 Å². The van der Waals surface area contributed by atoms with Gasteiger partial charge in [-0.2, -0.15) is 5.10 Å². The maximum atomic E-state index is 4.14. The minimum absolute atomic E-state index is 0.939. The Morgan fingerprint density at radius 1 is 1.50 bits per heavy atom. The molecule has 0 aliphatic carbocycles. The molecule has 0 saturated heterocycles. The molecule has 0 bridgehead atoms. The summed E-state index contributed by atoms with van der Waals surface area (Å²) in [7, 11) is 0. The summed E-state index contributed by atoms with van der Waals surface area (Å²) in [5, 5.41) is 6.67. The van der Waals surface area contributed by atoms with Gasteiger partial charge >= 0.3 is 0 Å². The van der Waals surface area contributed by atoms with Gasteiger partial charge in [0.2, 0.25) is 0 Å². The number of nitrogens with zero attached hydrogens (tertiary/aromatic N) is 2. The molecule has 1 aromatic rings. The summed E-state index contributed by atoms with van der Waals surface area (Å²) in [5.41, 5.74) is 1.99. The molecule has 2 rings (SSSR count). The van der Waals surface area contributed by atoms with Crippen LogP contribution in [-0.2, 0) is 0 Å². The minimum Gasteiger partial charge on any atom is -0.276 e. The number of allylic oxidation sites excluding steroid dienone is 1. The first-order valence-corrected chi connectivity index (χ1v) is 3.19. The fourth-order valence-corrected chi connectivity index (χ4v) is 0.946. The monoisotopic (exact) mass is 133 g/mol. The van der Waals surface area contributed by atoms with Crippen molar-refractivity contribution in [3.63, 3.8) is 0 Å². The summed E-state index contributed by atoms with van der Waals surface area (Å²) in [6.45, 7) is 0. The van der Waals surface area contributed by atoms with Crippen LogP contribution in [-0.4, -0.2) is 16.4 Å². The molecule has 1 aliphatic heterocycles. The SMILES string of the molecule is C1=NC(c2ccn[nH]2)=CC1. The summed E-state index contributed by atoms with van der Waals surface area (Å²) in [5.74, 6) is 0. The van der Waals surface area contributed by atoms with E-state index in [0.29, 0.717) is 0 Å². The molecule has 0 unspecified atom stereocenters. The molecule has 0 radical (unpaired) electrons. The van der Waals surface area contributed by atoms with Crippen molar-refractivity contribution in [2.75, 3.05) is 0 Å². The fraction of sp³-hybridized carbons (Fsp3) is 0.143. The van der Waals surface area contributed by atoms with Gasteiger partial charge in [-0.1, -0.05) is 6.08 Å². The van der Waals surface area contributed by atoms with E-state index in [4.69, 9.17) is 0 Å². The van der Waals surface area contributed by atoms with Gasteiger partial charge in [-0.05, 0) is 6.07 Å². The summed E-state index contributed by atoms with van der Waals surface area (Å²) in [6.07, 6.45) is 6.61. The topological polar surface area (TPSA) is 41.0 Å². The number of hydrogen-bond donors (Lipinski definition) is 1. The van der Waals surface area contributed by atoms with E-state index in [0.717, 1.165) is 17.8 Å². The molecule has 0 spiro atoms. The average Bonchev–Trinajstić information content (AvgIpc) is 2.59. The van der Waals surface area contributed by atoms with E-state index in [1.807, 2.05) is 12.3 Å². The first kappa shape index (κ1) is 5.41. The van der Waals surface area contributed by atoms with Crippen LogP contribution in [0, 0.1) is 0 Å². The number of H-pyrrole nitrogens is 1. The lowest BCUT2D eigenvalue weighted by Crippen LogP contribution is -1.77. The van der Waals surface area contributed by atoms with E-state index >= 15 is 0 Å². The fourth-order valence-electron chi connectivity index (χ4n) is 0.946. The molecule has 0 amide bonds. The molecule has 2 heterocycles. The second kappa shape index (κ2) is 2.10. The highest BCUT2D eigenvalue weighted by Gasteiger charge is 2.02. The molecule has 0 atom stereocenters. The molecule has 1 aromatic heterocycles. The quantitative estimate of drug-likeness (QED) is 0.615. The Hall–Kier alpha value is -1.38. The van der Waals surface area contributed by atoms with E-state index in [2.05, 4.69) is 21.3 Å². The van der Waals surface area contributed by atoms with Crippen LogP contribution in [0.15, 0.2) is 23.3 Å². The summed E-state index contributed by atoms with van der Waals surface area (Å²) in [6, 6.07) is 1.91. The van der Waals surface area contributed by atoms with Crippen molar-refractivity contribution < 1.29 is 0 Å². The third kappa shape index (κ3) is 0.757. The van der Waals surface area contributed by atoms with E-state index < -0.39 is 0 Å². The molecular weight excluding hydrogens is 126 g/mol. The smallest absolute Gasteiger partial charge is 0.0840 e. The van der Waals surface area contributed by atoms with Crippen molar-refractivity contribution in [1.82, 2.24) is 10.2 Å². The van der Waals surface area contributed by atoms with Crippen LogP contribution >= 0.6 is 0 Å².